The van der Waals surface area contributed by atoms with Crippen LogP contribution in [0.2, 0.25) is 0 Å². The molecule has 0 saturated carbocycles. The van der Waals surface area contributed by atoms with Gasteiger partial charge in [-0.25, -0.2) is 4.79 Å². The Morgan fingerprint density at radius 3 is 2.41 bits per heavy atom. The number of carbonyl (C=O) groups is 2. The molecule has 2 aliphatic rings. The summed E-state index contributed by atoms with van der Waals surface area (Å²) in [4.78, 5) is 28.3. The molecule has 138 valence electrons. The van der Waals surface area contributed by atoms with Crippen LogP contribution in [0.1, 0.15) is 22.3 Å². The SMILES string of the molecule is O=C(OCc1ccccc1)N1CC[C@@H]2C1=C(O)CN2C(=O)c1ccccc1. The number of rotatable bonds is 3. The molecule has 2 aromatic carbocycles. The van der Waals surface area contributed by atoms with E-state index >= 15 is 0 Å². The van der Waals surface area contributed by atoms with E-state index < -0.39 is 6.09 Å². The molecule has 0 unspecified atom stereocenters. The summed E-state index contributed by atoms with van der Waals surface area (Å²) in [5.74, 6) is -0.0971. The van der Waals surface area contributed by atoms with Gasteiger partial charge in [-0.2, -0.15) is 0 Å². The van der Waals surface area contributed by atoms with Crippen LogP contribution < -0.4 is 0 Å². The van der Waals surface area contributed by atoms with E-state index in [-0.39, 0.29) is 30.9 Å². The number of fused-ring (bicyclic) bond motifs is 1. The molecule has 1 N–H and O–H groups in total. The molecule has 6 heteroatoms. The van der Waals surface area contributed by atoms with E-state index in [1.165, 1.54) is 4.90 Å². The Labute approximate surface area is 157 Å². The van der Waals surface area contributed by atoms with Gasteiger partial charge in [0.05, 0.1) is 18.3 Å². The zero-order valence-corrected chi connectivity index (χ0v) is 14.7. The van der Waals surface area contributed by atoms with Crippen LogP contribution in [0, 0.1) is 0 Å². The van der Waals surface area contributed by atoms with Crippen molar-refractivity contribution < 1.29 is 19.4 Å². The van der Waals surface area contributed by atoms with Gasteiger partial charge in [0, 0.05) is 12.1 Å². The van der Waals surface area contributed by atoms with E-state index in [9.17, 15) is 14.7 Å². The number of ether oxygens (including phenoxy) is 1. The van der Waals surface area contributed by atoms with Crippen LogP contribution in [-0.2, 0) is 11.3 Å². The van der Waals surface area contributed by atoms with Gasteiger partial charge in [0.25, 0.3) is 5.91 Å². The molecule has 0 radical (unpaired) electrons. The van der Waals surface area contributed by atoms with Crippen molar-refractivity contribution in [1.82, 2.24) is 9.80 Å². The summed E-state index contributed by atoms with van der Waals surface area (Å²) in [7, 11) is 0. The van der Waals surface area contributed by atoms with Crippen molar-refractivity contribution in [2.75, 3.05) is 13.1 Å². The van der Waals surface area contributed by atoms with Crippen LogP contribution in [-0.4, -0.2) is 46.0 Å². The fourth-order valence-electron chi connectivity index (χ4n) is 3.64. The third kappa shape index (κ3) is 3.26. The van der Waals surface area contributed by atoms with Crippen LogP contribution in [0.5, 0.6) is 0 Å². The zero-order chi connectivity index (χ0) is 18.8. The highest BCUT2D eigenvalue weighted by Crippen LogP contribution is 2.35. The Kier molecular flexibility index (Phi) is 4.54. The van der Waals surface area contributed by atoms with Gasteiger partial charge in [0.15, 0.2) is 0 Å². The van der Waals surface area contributed by atoms with Crippen LogP contribution >= 0.6 is 0 Å². The molecule has 2 aromatic rings. The lowest BCUT2D eigenvalue weighted by molar-refractivity contribution is 0.0735. The smallest absolute Gasteiger partial charge is 0.414 e. The third-order valence-corrected chi connectivity index (χ3v) is 4.93. The molecule has 1 fully saturated rings. The second-order valence-corrected chi connectivity index (χ2v) is 6.63. The van der Waals surface area contributed by atoms with Crippen molar-refractivity contribution in [3.63, 3.8) is 0 Å². The van der Waals surface area contributed by atoms with Crippen LogP contribution in [0.15, 0.2) is 72.1 Å². The predicted octanol–water partition coefficient (Wildman–Crippen LogP) is 3.32. The molecular weight excluding hydrogens is 344 g/mol. The van der Waals surface area contributed by atoms with E-state index in [0.717, 1.165) is 5.56 Å². The van der Waals surface area contributed by atoms with Gasteiger partial charge in [-0.15, -0.1) is 0 Å². The molecule has 0 aromatic heterocycles. The molecule has 2 amide bonds. The van der Waals surface area contributed by atoms with Gasteiger partial charge >= 0.3 is 6.09 Å². The normalized spacial score (nSPS) is 18.6. The first kappa shape index (κ1) is 17.1. The van der Waals surface area contributed by atoms with Crippen molar-refractivity contribution in [2.45, 2.75) is 19.1 Å². The van der Waals surface area contributed by atoms with Gasteiger partial charge in [0.2, 0.25) is 0 Å². The second-order valence-electron chi connectivity index (χ2n) is 6.63. The molecule has 4 rings (SSSR count). The molecule has 2 heterocycles. The van der Waals surface area contributed by atoms with E-state index in [0.29, 0.717) is 24.2 Å². The Morgan fingerprint density at radius 1 is 1.04 bits per heavy atom. The summed E-state index contributed by atoms with van der Waals surface area (Å²) in [6.45, 7) is 0.688. The molecular formula is C21H20N2O4. The summed E-state index contributed by atoms with van der Waals surface area (Å²) >= 11 is 0. The summed E-state index contributed by atoms with van der Waals surface area (Å²) in [6, 6.07) is 18.1. The second kappa shape index (κ2) is 7.15. The summed E-state index contributed by atoms with van der Waals surface area (Å²) in [5.41, 5.74) is 1.95. The van der Waals surface area contributed by atoms with E-state index in [4.69, 9.17) is 4.74 Å². The number of hydrogen-bond acceptors (Lipinski definition) is 4. The van der Waals surface area contributed by atoms with Crippen LogP contribution in [0.25, 0.3) is 0 Å². The third-order valence-electron chi connectivity index (χ3n) is 4.93. The topological polar surface area (TPSA) is 70.1 Å². The van der Waals surface area contributed by atoms with Gasteiger partial charge < -0.3 is 14.7 Å². The first-order valence-electron chi connectivity index (χ1n) is 8.91. The minimum Gasteiger partial charge on any atom is -0.509 e. The number of carbonyl (C=O) groups excluding carboxylic acids is 2. The van der Waals surface area contributed by atoms with Crippen molar-refractivity contribution in [3.8, 4) is 0 Å². The number of aliphatic hydroxyl groups excluding tert-OH is 1. The van der Waals surface area contributed by atoms with Crippen molar-refractivity contribution >= 4 is 12.0 Å². The number of aliphatic hydroxyl groups is 1. The molecule has 2 aliphatic heterocycles. The number of nitrogens with zero attached hydrogens (tertiary/aromatic N) is 2. The standard InChI is InChI=1S/C21H20N2O4/c24-18-13-23(20(25)16-9-5-2-6-10-16)17-11-12-22(19(17)18)21(26)27-14-15-7-3-1-4-8-15/h1-10,17,24H,11-14H2/t17-/m1/s1. The number of benzene rings is 2. The van der Waals surface area contributed by atoms with Gasteiger partial charge in [0.1, 0.15) is 12.4 Å². The highest BCUT2D eigenvalue weighted by atomic mass is 16.6. The molecule has 0 aliphatic carbocycles. The van der Waals surface area contributed by atoms with Crippen molar-refractivity contribution in [2.24, 2.45) is 0 Å². The van der Waals surface area contributed by atoms with Crippen LogP contribution in [0.4, 0.5) is 4.79 Å². The van der Waals surface area contributed by atoms with Crippen molar-refractivity contribution in [1.29, 1.82) is 0 Å². The summed E-state index contributed by atoms with van der Waals surface area (Å²) in [6.07, 6.45) is 0.0789. The fraction of sp³-hybridized carbons (Fsp3) is 0.238. The Bertz CT molecular complexity index is 880. The number of hydrogen-bond donors (Lipinski definition) is 1. The maximum absolute atomic E-state index is 12.8. The van der Waals surface area contributed by atoms with E-state index in [1.807, 2.05) is 36.4 Å². The molecule has 27 heavy (non-hydrogen) atoms. The molecule has 0 bridgehead atoms. The van der Waals surface area contributed by atoms with E-state index in [1.54, 1.807) is 29.2 Å². The molecule has 1 saturated heterocycles. The highest BCUT2D eigenvalue weighted by molar-refractivity contribution is 5.95. The fourth-order valence-corrected chi connectivity index (χ4v) is 3.64. The Morgan fingerprint density at radius 2 is 1.70 bits per heavy atom. The lowest BCUT2D eigenvalue weighted by atomic mass is 10.1. The predicted molar refractivity (Wildman–Crippen MR) is 98.9 cm³/mol. The van der Waals surface area contributed by atoms with Gasteiger partial charge in [-0.3, -0.25) is 9.69 Å². The van der Waals surface area contributed by atoms with Crippen molar-refractivity contribution in [3.05, 3.63) is 83.2 Å². The van der Waals surface area contributed by atoms with Gasteiger partial charge in [-0.1, -0.05) is 48.5 Å². The first-order valence-corrected chi connectivity index (χ1v) is 8.91. The van der Waals surface area contributed by atoms with E-state index in [2.05, 4.69) is 0 Å². The maximum atomic E-state index is 12.8. The Hall–Kier alpha value is -3.28. The summed E-state index contributed by atoms with van der Waals surface area (Å²) in [5, 5.41) is 10.4. The lowest BCUT2D eigenvalue weighted by Crippen LogP contribution is -2.37. The monoisotopic (exact) mass is 364 g/mol. The minimum absolute atomic E-state index is 0.0541. The first-order chi connectivity index (χ1) is 13.1. The maximum Gasteiger partial charge on any atom is 0.414 e. The summed E-state index contributed by atoms with van der Waals surface area (Å²) < 4.78 is 5.39. The Balaban J connectivity index is 1.45. The molecule has 1 atom stereocenters. The highest BCUT2D eigenvalue weighted by Gasteiger charge is 2.45. The largest absolute Gasteiger partial charge is 0.509 e. The van der Waals surface area contributed by atoms with Gasteiger partial charge in [-0.05, 0) is 24.1 Å². The average molecular weight is 364 g/mol. The minimum atomic E-state index is -0.503. The average Bonchev–Trinajstić information content (AvgIpc) is 3.29. The molecule has 0 spiro atoms. The lowest BCUT2D eigenvalue weighted by Gasteiger charge is -2.23. The zero-order valence-electron chi connectivity index (χ0n) is 14.7. The molecule has 6 nitrogen and oxygen atoms in total. The quantitative estimate of drug-likeness (QED) is 0.907. The van der Waals surface area contributed by atoms with Crippen LogP contribution in [0.3, 0.4) is 0 Å². The number of likely N-dealkylation sites (tertiary alicyclic amines) is 1. The number of amides is 2.